The molecular weight excluding hydrogens is 298 g/mol. The highest BCUT2D eigenvalue weighted by Crippen LogP contribution is 2.24. The third-order valence-electron chi connectivity index (χ3n) is 4.24. The van der Waals surface area contributed by atoms with Gasteiger partial charge in [0.15, 0.2) is 0 Å². The van der Waals surface area contributed by atoms with Crippen molar-refractivity contribution in [3.8, 4) is 0 Å². The molecule has 5 nitrogen and oxygen atoms in total. The van der Waals surface area contributed by atoms with Crippen LogP contribution < -0.4 is 10.6 Å². The van der Waals surface area contributed by atoms with Crippen LogP contribution in [0.2, 0.25) is 0 Å². The van der Waals surface area contributed by atoms with Crippen molar-refractivity contribution in [1.29, 1.82) is 0 Å². The Morgan fingerprint density at radius 3 is 2.82 bits per heavy atom. The highest BCUT2D eigenvalue weighted by atomic mass is 32.1. The van der Waals surface area contributed by atoms with E-state index in [-0.39, 0.29) is 12.6 Å². The van der Waals surface area contributed by atoms with Crippen LogP contribution in [0.3, 0.4) is 0 Å². The molecule has 1 aliphatic rings. The lowest BCUT2D eigenvalue weighted by Gasteiger charge is -2.30. The van der Waals surface area contributed by atoms with Crippen molar-refractivity contribution in [2.24, 2.45) is 5.92 Å². The molecule has 1 saturated heterocycles. The van der Waals surface area contributed by atoms with Gasteiger partial charge in [0.1, 0.15) is 5.60 Å². The molecule has 1 atom stereocenters. The van der Waals surface area contributed by atoms with Crippen molar-refractivity contribution in [2.45, 2.75) is 32.3 Å². The maximum Gasteiger partial charge on any atom is 0.314 e. The Balaban J connectivity index is 1.62. The molecule has 2 amide bonds. The number of nitrogens with one attached hydrogen (secondary N) is 2. The van der Waals surface area contributed by atoms with Crippen LogP contribution in [0.15, 0.2) is 17.5 Å². The minimum atomic E-state index is -1.02. The summed E-state index contributed by atoms with van der Waals surface area (Å²) in [7, 11) is 0. The molecule has 2 rings (SSSR count). The van der Waals surface area contributed by atoms with Gasteiger partial charge in [-0.05, 0) is 50.2 Å². The first kappa shape index (κ1) is 17.2. The lowest BCUT2D eigenvalue weighted by Crippen LogP contribution is -2.45. The van der Waals surface area contributed by atoms with Gasteiger partial charge in [0.2, 0.25) is 0 Å². The molecule has 22 heavy (non-hydrogen) atoms. The summed E-state index contributed by atoms with van der Waals surface area (Å²) in [5.41, 5.74) is -1.02. The normalized spacial score (nSPS) is 19.6. The summed E-state index contributed by atoms with van der Waals surface area (Å²) in [5, 5.41) is 17.9. The van der Waals surface area contributed by atoms with Gasteiger partial charge < -0.3 is 20.6 Å². The second kappa shape index (κ2) is 7.94. The third kappa shape index (κ3) is 5.26. The molecule has 0 aliphatic carbocycles. The second-order valence-corrected chi connectivity index (χ2v) is 7.33. The molecule has 1 fully saturated rings. The van der Waals surface area contributed by atoms with E-state index in [4.69, 9.17) is 0 Å². The number of carbonyl (C=O) groups is 1. The van der Waals surface area contributed by atoms with Gasteiger partial charge in [-0.25, -0.2) is 4.79 Å². The molecule has 0 radical (unpaired) electrons. The molecule has 0 aromatic carbocycles. The van der Waals surface area contributed by atoms with Crippen molar-refractivity contribution in [3.05, 3.63) is 22.4 Å². The van der Waals surface area contributed by atoms with E-state index in [1.54, 1.807) is 6.92 Å². The highest BCUT2D eigenvalue weighted by Gasteiger charge is 2.24. The molecule has 1 aliphatic heterocycles. The van der Waals surface area contributed by atoms with E-state index in [0.29, 0.717) is 6.54 Å². The standard InChI is InChI=1S/C16H27N3O2S/c1-13-5-8-19(9-6-13)10-7-17-15(20)18-12-16(2,21)14-4-3-11-22-14/h3-4,11,13,21H,5-10,12H2,1-2H3,(H2,17,18,20). The van der Waals surface area contributed by atoms with Crippen molar-refractivity contribution in [3.63, 3.8) is 0 Å². The molecule has 0 spiro atoms. The Kier molecular flexibility index (Phi) is 6.23. The summed E-state index contributed by atoms with van der Waals surface area (Å²) in [6, 6.07) is 3.55. The van der Waals surface area contributed by atoms with Crippen LogP contribution in [0.5, 0.6) is 0 Å². The maximum atomic E-state index is 11.8. The molecule has 124 valence electrons. The minimum absolute atomic E-state index is 0.209. The lowest BCUT2D eigenvalue weighted by atomic mass is 9.99. The van der Waals surface area contributed by atoms with E-state index in [1.165, 1.54) is 24.2 Å². The zero-order valence-corrected chi connectivity index (χ0v) is 14.3. The number of piperidine rings is 1. The van der Waals surface area contributed by atoms with E-state index >= 15 is 0 Å². The monoisotopic (exact) mass is 325 g/mol. The van der Waals surface area contributed by atoms with Gasteiger partial charge in [0.25, 0.3) is 0 Å². The quantitative estimate of drug-likeness (QED) is 0.749. The van der Waals surface area contributed by atoms with Crippen LogP contribution in [0, 0.1) is 5.92 Å². The Bertz CT molecular complexity index is 454. The topological polar surface area (TPSA) is 64.6 Å². The van der Waals surface area contributed by atoms with Gasteiger partial charge in [-0.2, -0.15) is 0 Å². The Labute approximate surface area is 136 Å². The maximum absolute atomic E-state index is 11.8. The van der Waals surface area contributed by atoms with Gasteiger partial charge >= 0.3 is 6.03 Å². The van der Waals surface area contributed by atoms with Crippen LogP contribution >= 0.6 is 11.3 Å². The van der Waals surface area contributed by atoms with Crippen LogP contribution in [-0.4, -0.2) is 48.8 Å². The average molecular weight is 325 g/mol. The molecule has 1 aromatic rings. The SMILES string of the molecule is CC1CCN(CCNC(=O)NCC(C)(O)c2cccs2)CC1. The molecular formula is C16H27N3O2S. The number of nitrogens with zero attached hydrogens (tertiary/aromatic N) is 1. The highest BCUT2D eigenvalue weighted by molar-refractivity contribution is 7.10. The van der Waals surface area contributed by atoms with E-state index < -0.39 is 5.60 Å². The average Bonchev–Trinajstić information content (AvgIpc) is 3.02. The number of hydrogen-bond donors (Lipinski definition) is 3. The van der Waals surface area contributed by atoms with Crippen molar-refractivity contribution < 1.29 is 9.90 Å². The zero-order valence-electron chi connectivity index (χ0n) is 13.5. The fraction of sp³-hybridized carbons (Fsp3) is 0.688. The first-order chi connectivity index (χ1) is 10.5. The Hall–Kier alpha value is -1.11. The summed E-state index contributed by atoms with van der Waals surface area (Å²) < 4.78 is 0. The molecule has 0 bridgehead atoms. The molecule has 6 heteroatoms. The van der Waals surface area contributed by atoms with Crippen molar-refractivity contribution >= 4 is 17.4 Å². The van der Waals surface area contributed by atoms with E-state index in [2.05, 4.69) is 22.5 Å². The van der Waals surface area contributed by atoms with Gasteiger partial charge in [-0.15, -0.1) is 11.3 Å². The Morgan fingerprint density at radius 1 is 1.45 bits per heavy atom. The van der Waals surface area contributed by atoms with Crippen LogP contribution in [0.1, 0.15) is 31.6 Å². The Morgan fingerprint density at radius 2 is 2.18 bits per heavy atom. The number of carbonyl (C=O) groups excluding carboxylic acids is 1. The number of aliphatic hydroxyl groups is 1. The van der Waals surface area contributed by atoms with Gasteiger partial charge in [-0.1, -0.05) is 13.0 Å². The summed E-state index contributed by atoms with van der Waals surface area (Å²) >= 11 is 1.49. The number of thiophene rings is 1. The van der Waals surface area contributed by atoms with E-state index in [0.717, 1.165) is 30.4 Å². The van der Waals surface area contributed by atoms with Crippen molar-refractivity contribution in [1.82, 2.24) is 15.5 Å². The first-order valence-corrected chi connectivity index (χ1v) is 8.86. The number of amides is 2. The first-order valence-electron chi connectivity index (χ1n) is 7.98. The predicted molar refractivity (Wildman–Crippen MR) is 90.1 cm³/mol. The smallest absolute Gasteiger partial charge is 0.314 e. The zero-order chi connectivity index (χ0) is 16.0. The molecule has 1 unspecified atom stereocenters. The summed E-state index contributed by atoms with van der Waals surface area (Å²) in [5.74, 6) is 0.826. The van der Waals surface area contributed by atoms with E-state index in [1.807, 2.05) is 17.5 Å². The summed E-state index contributed by atoms with van der Waals surface area (Å²) in [6.07, 6.45) is 2.49. The third-order valence-corrected chi connectivity index (χ3v) is 5.36. The number of hydrogen-bond acceptors (Lipinski definition) is 4. The number of rotatable bonds is 6. The fourth-order valence-electron chi connectivity index (χ4n) is 2.60. The number of urea groups is 1. The summed E-state index contributed by atoms with van der Waals surface area (Å²) in [6.45, 7) is 8.00. The van der Waals surface area contributed by atoms with Crippen LogP contribution in [0.25, 0.3) is 0 Å². The van der Waals surface area contributed by atoms with E-state index in [9.17, 15) is 9.90 Å². The van der Waals surface area contributed by atoms with Gasteiger partial charge in [0.05, 0.1) is 6.54 Å². The second-order valence-electron chi connectivity index (χ2n) is 6.38. The molecule has 2 heterocycles. The minimum Gasteiger partial charge on any atom is -0.383 e. The van der Waals surface area contributed by atoms with Crippen LogP contribution in [-0.2, 0) is 5.60 Å². The van der Waals surface area contributed by atoms with Crippen LogP contribution in [0.4, 0.5) is 4.79 Å². The largest absolute Gasteiger partial charge is 0.383 e. The van der Waals surface area contributed by atoms with Gasteiger partial charge in [-0.3, -0.25) is 0 Å². The van der Waals surface area contributed by atoms with Crippen molar-refractivity contribution in [2.75, 3.05) is 32.7 Å². The molecule has 1 aromatic heterocycles. The summed E-state index contributed by atoms with van der Waals surface area (Å²) in [4.78, 5) is 15.1. The van der Waals surface area contributed by atoms with Gasteiger partial charge in [0, 0.05) is 18.0 Å². The number of likely N-dealkylation sites (tertiary alicyclic amines) is 1. The molecule has 3 N–H and O–H groups in total. The molecule has 0 saturated carbocycles. The lowest BCUT2D eigenvalue weighted by molar-refractivity contribution is 0.0631. The predicted octanol–water partition coefficient (Wildman–Crippen LogP) is 1.99. The fourth-order valence-corrected chi connectivity index (χ4v) is 3.39.